The van der Waals surface area contributed by atoms with Gasteiger partial charge < -0.3 is 20.1 Å². The van der Waals surface area contributed by atoms with Gasteiger partial charge in [-0.3, -0.25) is 9.59 Å². The lowest BCUT2D eigenvalue weighted by Crippen LogP contribution is -2.25. The molecule has 0 spiro atoms. The van der Waals surface area contributed by atoms with Gasteiger partial charge in [-0.1, -0.05) is 32.0 Å². The topological polar surface area (TPSA) is 112 Å². The SMILES string of the molecule is CC(C)Cc1c(C(=O)C(N)=O)c2c(OCC(=O)O)cccc2n1Cc1ccc(F)cc1. The summed E-state index contributed by atoms with van der Waals surface area (Å²) >= 11 is 0. The largest absolute Gasteiger partial charge is 0.481 e. The minimum absolute atomic E-state index is 0.110. The molecular weight excluding hydrogens is 403 g/mol. The maximum Gasteiger partial charge on any atom is 0.341 e. The molecule has 0 bridgehead atoms. The van der Waals surface area contributed by atoms with Crippen LogP contribution in [0.25, 0.3) is 10.9 Å². The maximum absolute atomic E-state index is 13.4. The van der Waals surface area contributed by atoms with E-state index in [-0.39, 0.29) is 23.0 Å². The Morgan fingerprint density at radius 1 is 1.13 bits per heavy atom. The van der Waals surface area contributed by atoms with Crippen LogP contribution in [0.3, 0.4) is 0 Å². The first-order valence-electron chi connectivity index (χ1n) is 9.76. The van der Waals surface area contributed by atoms with Crippen molar-refractivity contribution in [3.05, 3.63) is 65.1 Å². The Balaban J connectivity index is 2.30. The molecule has 1 heterocycles. The number of amides is 1. The number of hydrogen-bond acceptors (Lipinski definition) is 4. The van der Waals surface area contributed by atoms with E-state index in [1.807, 2.05) is 18.4 Å². The number of nitrogens with zero attached hydrogens (tertiary/aromatic N) is 1. The van der Waals surface area contributed by atoms with Crippen molar-refractivity contribution in [1.29, 1.82) is 0 Å². The lowest BCUT2D eigenvalue weighted by molar-refractivity contribution is -0.139. The first-order chi connectivity index (χ1) is 14.7. The number of fused-ring (bicyclic) bond motifs is 1. The number of ketones is 1. The van der Waals surface area contributed by atoms with E-state index >= 15 is 0 Å². The third kappa shape index (κ3) is 4.74. The van der Waals surface area contributed by atoms with Crippen molar-refractivity contribution >= 4 is 28.6 Å². The summed E-state index contributed by atoms with van der Waals surface area (Å²) in [6.45, 7) is 3.65. The molecule has 0 atom stereocenters. The van der Waals surface area contributed by atoms with E-state index in [0.717, 1.165) is 5.56 Å². The van der Waals surface area contributed by atoms with E-state index in [0.29, 0.717) is 29.6 Å². The Bertz CT molecular complexity index is 1150. The molecule has 0 aliphatic rings. The smallest absolute Gasteiger partial charge is 0.341 e. The molecule has 0 fully saturated rings. The Morgan fingerprint density at radius 2 is 1.81 bits per heavy atom. The van der Waals surface area contributed by atoms with Gasteiger partial charge in [0.1, 0.15) is 11.6 Å². The number of benzene rings is 2. The van der Waals surface area contributed by atoms with Gasteiger partial charge in [0.15, 0.2) is 6.61 Å². The summed E-state index contributed by atoms with van der Waals surface area (Å²) in [6, 6.07) is 11.0. The number of halogens is 1. The van der Waals surface area contributed by atoms with Crippen molar-refractivity contribution in [2.24, 2.45) is 11.7 Å². The Labute approximate surface area is 178 Å². The number of aromatic nitrogens is 1. The molecule has 31 heavy (non-hydrogen) atoms. The molecule has 3 N–H and O–H groups in total. The summed E-state index contributed by atoms with van der Waals surface area (Å²) < 4.78 is 20.7. The van der Waals surface area contributed by atoms with Crippen molar-refractivity contribution in [1.82, 2.24) is 4.57 Å². The number of primary amides is 1. The fraction of sp³-hybridized carbons (Fsp3) is 0.261. The van der Waals surface area contributed by atoms with E-state index in [4.69, 9.17) is 15.6 Å². The van der Waals surface area contributed by atoms with Crippen LogP contribution in [-0.2, 0) is 22.6 Å². The molecule has 0 saturated heterocycles. The van der Waals surface area contributed by atoms with Crippen molar-refractivity contribution in [2.45, 2.75) is 26.8 Å². The summed E-state index contributed by atoms with van der Waals surface area (Å²) in [5.74, 6) is -3.21. The van der Waals surface area contributed by atoms with Crippen LogP contribution in [0.4, 0.5) is 4.39 Å². The Morgan fingerprint density at radius 3 is 2.39 bits per heavy atom. The second kappa shape index (κ2) is 8.99. The summed E-state index contributed by atoms with van der Waals surface area (Å²) in [5, 5.41) is 9.35. The average molecular weight is 426 g/mol. The van der Waals surface area contributed by atoms with Crippen LogP contribution in [-0.4, -0.2) is 33.9 Å². The van der Waals surface area contributed by atoms with Crippen molar-refractivity contribution in [3.8, 4) is 5.75 Å². The van der Waals surface area contributed by atoms with Crippen molar-refractivity contribution < 1.29 is 28.6 Å². The summed E-state index contributed by atoms with van der Waals surface area (Å²) in [7, 11) is 0. The van der Waals surface area contributed by atoms with Gasteiger partial charge in [0.25, 0.3) is 11.7 Å². The lowest BCUT2D eigenvalue weighted by atomic mass is 9.99. The van der Waals surface area contributed by atoms with Gasteiger partial charge in [0, 0.05) is 12.2 Å². The van der Waals surface area contributed by atoms with Gasteiger partial charge in [-0.25, -0.2) is 9.18 Å². The summed E-state index contributed by atoms with van der Waals surface area (Å²) in [5.41, 5.74) is 7.41. The first-order valence-corrected chi connectivity index (χ1v) is 9.76. The molecule has 3 rings (SSSR count). The van der Waals surface area contributed by atoms with Gasteiger partial charge in [0.05, 0.1) is 16.5 Å². The number of carboxylic acid groups (broad SMARTS) is 1. The number of rotatable bonds is 9. The number of ether oxygens (including phenoxy) is 1. The highest BCUT2D eigenvalue weighted by Gasteiger charge is 2.28. The highest BCUT2D eigenvalue weighted by atomic mass is 19.1. The van der Waals surface area contributed by atoms with Crippen LogP contribution < -0.4 is 10.5 Å². The molecule has 0 unspecified atom stereocenters. The molecule has 162 valence electrons. The Hall–Kier alpha value is -3.68. The second-order valence-corrected chi connectivity index (χ2v) is 7.66. The number of carbonyl (C=O) groups is 3. The van der Waals surface area contributed by atoms with Crippen LogP contribution in [0.5, 0.6) is 5.75 Å². The number of carbonyl (C=O) groups excluding carboxylic acids is 2. The molecule has 1 amide bonds. The minimum atomic E-state index is -1.17. The van der Waals surface area contributed by atoms with Gasteiger partial charge in [-0.05, 0) is 42.2 Å². The molecule has 0 aliphatic carbocycles. The molecule has 8 heteroatoms. The van der Waals surface area contributed by atoms with Crippen molar-refractivity contribution in [3.63, 3.8) is 0 Å². The highest BCUT2D eigenvalue weighted by molar-refractivity contribution is 6.45. The van der Waals surface area contributed by atoms with Crippen LogP contribution in [0, 0.1) is 11.7 Å². The number of nitrogens with two attached hydrogens (primary N) is 1. The van der Waals surface area contributed by atoms with Gasteiger partial charge in [-0.2, -0.15) is 0 Å². The van der Waals surface area contributed by atoms with Gasteiger partial charge >= 0.3 is 5.97 Å². The number of Topliss-reactive ketones (excluding diaryl/α,β-unsaturated/α-hetero) is 1. The maximum atomic E-state index is 13.4. The first kappa shape index (κ1) is 22.0. The molecule has 3 aromatic rings. The predicted octanol–water partition coefficient (Wildman–Crippen LogP) is 3.16. The van der Waals surface area contributed by atoms with Gasteiger partial charge in [-0.15, -0.1) is 0 Å². The van der Waals surface area contributed by atoms with Crippen LogP contribution in [0.1, 0.15) is 35.5 Å². The summed E-state index contributed by atoms with van der Waals surface area (Å²) in [4.78, 5) is 35.7. The van der Waals surface area contributed by atoms with E-state index in [1.54, 1.807) is 30.3 Å². The average Bonchev–Trinajstić information content (AvgIpc) is 3.00. The zero-order chi connectivity index (χ0) is 22.7. The number of carboxylic acids is 1. The highest BCUT2D eigenvalue weighted by Crippen LogP contribution is 2.36. The van der Waals surface area contributed by atoms with Crippen LogP contribution in [0.15, 0.2) is 42.5 Å². The second-order valence-electron chi connectivity index (χ2n) is 7.66. The van der Waals surface area contributed by atoms with Crippen LogP contribution >= 0.6 is 0 Å². The van der Waals surface area contributed by atoms with Crippen molar-refractivity contribution in [2.75, 3.05) is 6.61 Å². The van der Waals surface area contributed by atoms with E-state index in [2.05, 4.69) is 0 Å². The third-order valence-corrected chi connectivity index (χ3v) is 4.82. The van der Waals surface area contributed by atoms with E-state index < -0.39 is 24.3 Å². The lowest BCUT2D eigenvalue weighted by Gasteiger charge is -2.14. The fourth-order valence-corrected chi connectivity index (χ4v) is 3.60. The molecule has 0 radical (unpaired) electrons. The standard InChI is InChI=1S/C23H23FN2O5/c1-13(2)10-17-21(22(29)23(25)30)20-16(4-3-5-18(20)31-12-19(27)28)26(17)11-14-6-8-15(24)9-7-14/h3-9,13H,10-12H2,1-2H3,(H2,25,30)(H,27,28). The number of aliphatic carboxylic acids is 1. The molecule has 2 aromatic carbocycles. The monoisotopic (exact) mass is 426 g/mol. The Kier molecular flexibility index (Phi) is 6.39. The quantitative estimate of drug-likeness (QED) is 0.403. The fourth-order valence-electron chi connectivity index (χ4n) is 3.60. The normalized spacial score (nSPS) is 11.1. The third-order valence-electron chi connectivity index (χ3n) is 4.82. The molecule has 0 aliphatic heterocycles. The van der Waals surface area contributed by atoms with E-state index in [9.17, 15) is 18.8 Å². The molecule has 1 aromatic heterocycles. The zero-order valence-electron chi connectivity index (χ0n) is 17.2. The zero-order valence-corrected chi connectivity index (χ0v) is 17.2. The predicted molar refractivity (Wildman–Crippen MR) is 113 cm³/mol. The van der Waals surface area contributed by atoms with Crippen LogP contribution in [0.2, 0.25) is 0 Å². The number of hydrogen-bond donors (Lipinski definition) is 2. The van der Waals surface area contributed by atoms with E-state index in [1.165, 1.54) is 12.1 Å². The summed E-state index contributed by atoms with van der Waals surface area (Å²) in [6.07, 6.45) is 0.461. The molecule has 0 saturated carbocycles. The minimum Gasteiger partial charge on any atom is -0.481 e. The van der Waals surface area contributed by atoms with Gasteiger partial charge in [0.2, 0.25) is 0 Å². The molecule has 7 nitrogen and oxygen atoms in total. The molecular formula is C23H23FN2O5.